The molecule has 5 aliphatic rings. The van der Waals surface area contributed by atoms with Gasteiger partial charge in [0.25, 0.3) is 17.7 Å². The molecule has 6 heterocycles. The van der Waals surface area contributed by atoms with E-state index >= 15 is 4.39 Å². The van der Waals surface area contributed by atoms with E-state index in [1.165, 1.54) is 0 Å². The number of nitrogen functional groups attached to an aromatic ring is 1. The standard InChI is InChI=1S/C40H41FN10O6/c41-40(21-49(22-40)26-4-5-27-28(15-26)39(56)51(38(27)55)32-6-7-34(52)47-37(32)54)20-48-12-8-25(9-13-48)44-17-24-14-29(33(16-30(24)42)57-19-23-2-3-23)36(53)46-31-18-45-50-11-1-10-43-35(31)50/h1,4-5,10-11,14-18,23,25,32H,2-3,6-9,12-13,19-22,42H2,(H,46,53)(H,47,52,54). The Kier molecular flexibility index (Phi) is 9.18. The molecule has 0 bridgehead atoms. The number of imide groups is 2. The van der Waals surface area contributed by atoms with Gasteiger partial charge in [-0.05, 0) is 68.4 Å². The first-order valence-electron chi connectivity index (χ1n) is 19.2. The molecule has 3 saturated heterocycles. The molecule has 1 atom stereocenters. The summed E-state index contributed by atoms with van der Waals surface area (Å²) in [6, 6.07) is 8.89. The van der Waals surface area contributed by atoms with Crippen molar-refractivity contribution in [1.29, 1.82) is 0 Å². The third-order valence-corrected chi connectivity index (χ3v) is 11.4. The number of carbonyl (C=O) groups excluding carboxylic acids is 5. The number of fused-ring (bicyclic) bond motifs is 2. The summed E-state index contributed by atoms with van der Waals surface area (Å²) >= 11 is 0. The topological polar surface area (TPSA) is 197 Å². The minimum atomic E-state index is -1.46. The van der Waals surface area contributed by atoms with Crippen LogP contribution in [-0.4, -0.2) is 117 Å². The molecule has 1 unspecified atom stereocenters. The molecule has 2 aromatic carbocycles. The Balaban J connectivity index is 0.800. The quantitative estimate of drug-likeness (QED) is 0.115. The van der Waals surface area contributed by atoms with Gasteiger partial charge in [0.1, 0.15) is 17.5 Å². The maximum absolute atomic E-state index is 16.0. The van der Waals surface area contributed by atoms with Crippen LogP contribution in [0, 0.1) is 5.92 Å². The average Bonchev–Trinajstić information content (AvgIpc) is 3.89. The van der Waals surface area contributed by atoms with Crippen molar-refractivity contribution in [2.75, 3.05) is 55.3 Å². The van der Waals surface area contributed by atoms with Gasteiger partial charge in [0.2, 0.25) is 11.8 Å². The fraction of sp³-hybridized carbons (Fsp3) is 0.400. The van der Waals surface area contributed by atoms with Gasteiger partial charge in [-0.1, -0.05) is 0 Å². The Morgan fingerprint density at radius 2 is 1.84 bits per heavy atom. The second kappa shape index (κ2) is 14.4. The molecule has 294 valence electrons. The highest BCUT2D eigenvalue weighted by Crippen LogP contribution is 2.37. The number of nitrogens with one attached hydrogen (secondary N) is 2. The van der Waals surface area contributed by atoms with Gasteiger partial charge in [-0.3, -0.25) is 44.1 Å². The highest BCUT2D eigenvalue weighted by molar-refractivity contribution is 6.23. The molecule has 5 amide bonds. The number of piperidine rings is 2. The molecule has 17 heteroatoms. The van der Waals surface area contributed by atoms with Crippen LogP contribution < -0.4 is 26.0 Å². The molecule has 1 saturated carbocycles. The Morgan fingerprint density at radius 1 is 1.05 bits per heavy atom. The molecule has 1 aliphatic carbocycles. The number of rotatable bonds is 11. The number of ether oxygens (including phenoxy) is 1. The fourth-order valence-electron chi connectivity index (χ4n) is 8.01. The number of aliphatic imine (C=N–C) groups is 1. The van der Waals surface area contributed by atoms with Gasteiger partial charge in [0.15, 0.2) is 11.3 Å². The predicted octanol–water partition coefficient (Wildman–Crippen LogP) is 2.87. The lowest BCUT2D eigenvalue weighted by Crippen LogP contribution is -2.64. The minimum Gasteiger partial charge on any atom is -0.492 e. The molecule has 4 aliphatic heterocycles. The van der Waals surface area contributed by atoms with Gasteiger partial charge >= 0.3 is 0 Å². The maximum atomic E-state index is 16.0. The first-order valence-corrected chi connectivity index (χ1v) is 19.2. The predicted molar refractivity (Wildman–Crippen MR) is 206 cm³/mol. The number of amides is 5. The van der Waals surface area contributed by atoms with Gasteiger partial charge in [-0.2, -0.15) is 5.10 Å². The zero-order chi connectivity index (χ0) is 39.4. The normalized spacial score (nSPS) is 21.2. The van der Waals surface area contributed by atoms with Gasteiger partial charge in [-0.25, -0.2) is 13.9 Å². The molecular weight excluding hydrogens is 736 g/mol. The molecule has 0 radical (unpaired) electrons. The maximum Gasteiger partial charge on any atom is 0.262 e. The highest BCUT2D eigenvalue weighted by atomic mass is 19.1. The molecule has 57 heavy (non-hydrogen) atoms. The van der Waals surface area contributed by atoms with E-state index in [0.717, 1.165) is 30.6 Å². The Labute approximate surface area is 326 Å². The zero-order valence-electron chi connectivity index (χ0n) is 31.0. The molecule has 9 rings (SSSR count). The van der Waals surface area contributed by atoms with E-state index in [9.17, 15) is 24.0 Å². The van der Waals surface area contributed by atoms with Crippen LogP contribution in [0.5, 0.6) is 5.75 Å². The van der Waals surface area contributed by atoms with Crippen molar-refractivity contribution in [1.82, 2.24) is 29.7 Å². The zero-order valence-corrected chi connectivity index (χ0v) is 31.0. The summed E-state index contributed by atoms with van der Waals surface area (Å²) < 4.78 is 23.6. The molecule has 4 fully saturated rings. The van der Waals surface area contributed by atoms with E-state index in [2.05, 4.69) is 25.6 Å². The fourth-order valence-corrected chi connectivity index (χ4v) is 8.01. The number of benzene rings is 2. The van der Waals surface area contributed by atoms with Crippen molar-refractivity contribution in [3.8, 4) is 5.75 Å². The van der Waals surface area contributed by atoms with Gasteiger partial charge < -0.3 is 20.7 Å². The number of hydrogen-bond acceptors (Lipinski definition) is 12. The van der Waals surface area contributed by atoms with E-state index in [0.29, 0.717) is 65.2 Å². The van der Waals surface area contributed by atoms with E-state index in [1.54, 1.807) is 65.7 Å². The summed E-state index contributed by atoms with van der Waals surface area (Å²) in [5.41, 5.74) is 8.32. The van der Waals surface area contributed by atoms with Crippen LogP contribution in [0.25, 0.3) is 5.65 Å². The third kappa shape index (κ3) is 7.18. The van der Waals surface area contributed by atoms with Crippen LogP contribution >= 0.6 is 0 Å². The molecule has 4 N–H and O–H groups in total. The van der Waals surface area contributed by atoms with Crippen molar-refractivity contribution >= 4 is 58.5 Å². The van der Waals surface area contributed by atoms with Gasteiger partial charge in [-0.15, -0.1) is 0 Å². The summed E-state index contributed by atoms with van der Waals surface area (Å²) in [5.74, 6) is -1.78. The second-order valence-electron chi connectivity index (χ2n) is 15.6. The number of carbonyl (C=O) groups is 5. The van der Waals surface area contributed by atoms with Crippen molar-refractivity contribution in [3.63, 3.8) is 0 Å². The summed E-state index contributed by atoms with van der Waals surface area (Å²) in [7, 11) is 0. The van der Waals surface area contributed by atoms with Crippen molar-refractivity contribution in [2.45, 2.75) is 56.3 Å². The van der Waals surface area contributed by atoms with E-state index in [1.807, 2.05) is 4.90 Å². The van der Waals surface area contributed by atoms with Crippen molar-refractivity contribution in [3.05, 3.63) is 77.2 Å². The number of alkyl halides is 1. The lowest BCUT2D eigenvalue weighted by molar-refractivity contribution is -0.136. The monoisotopic (exact) mass is 776 g/mol. The summed E-state index contributed by atoms with van der Waals surface area (Å²) in [4.78, 5) is 78.0. The SMILES string of the molecule is Nc1cc(OCC2CC2)c(C(=O)Nc2cnn3cccnc23)cc1C=NC1CCN(CC2(F)CN(c3ccc4c(c3)C(=O)N(C3CCC(=O)NC3=O)C4=O)C2)CC1. The molecular formula is C40H41FN10O6. The Bertz CT molecular complexity index is 2350. The van der Waals surface area contributed by atoms with Crippen LogP contribution in [0.1, 0.15) is 75.2 Å². The lowest BCUT2D eigenvalue weighted by Gasteiger charge is -2.48. The summed E-state index contributed by atoms with van der Waals surface area (Å²) in [5, 5.41) is 9.36. The number of aromatic nitrogens is 3. The molecule has 16 nitrogen and oxygen atoms in total. The van der Waals surface area contributed by atoms with E-state index < -0.39 is 35.3 Å². The Hall–Kier alpha value is -6.23. The number of halogens is 1. The third-order valence-electron chi connectivity index (χ3n) is 11.4. The second-order valence-corrected chi connectivity index (χ2v) is 15.6. The van der Waals surface area contributed by atoms with Crippen LogP contribution in [0.15, 0.2) is 60.0 Å². The number of likely N-dealkylation sites (tertiary alicyclic amines) is 1. The molecule has 4 aromatic rings. The highest BCUT2D eigenvalue weighted by Gasteiger charge is 2.48. The smallest absolute Gasteiger partial charge is 0.262 e. The number of hydrogen-bond donors (Lipinski definition) is 3. The van der Waals surface area contributed by atoms with Gasteiger partial charge in [0.05, 0.1) is 48.6 Å². The lowest BCUT2D eigenvalue weighted by atomic mass is 9.92. The first kappa shape index (κ1) is 36.4. The van der Waals surface area contributed by atoms with Gasteiger partial charge in [0, 0.05) is 67.7 Å². The summed E-state index contributed by atoms with van der Waals surface area (Å²) in [6.45, 7) is 2.33. The van der Waals surface area contributed by atoms with Crippen molar-refractivity contribution < 1.29 is 33.1 Å². The first-order chi connectivity index (χ1) is 27.5. The Morgan fingerprint density at radius 3 is 2.61 bits per heavy atom. The largest absolute Gasteiger partial charge is 0.492 e. The number of nitrogens with zero attached hydrogens (tertiary/aromatic N) is 7. The van der Waals surface area contributed by atoms with E-state index in [4.69, 9.17) is 15.5 Å². The van der Waals surface area contributed by atoms with E-state index in [-0.39, 0.29) is 55.6 Å². The van der Waals surface area contributed by atoms with Crippen molar-refractivity contribution in [2.24, 2.45) is 10.9 Å². The number of nitrogens with two attached hydrogens (primary N) is 1. The number of anilines is 3. The molecule has 2 aromatic heterocycles. The van der Waals surface area contributed by atoms with Crippen LogP contribution in [0.2, 0.25) is 0 Å². The average molecular weight is 777 g/mol. The summed E-state index contributed by atoms with van der Waals surface area (Å²) in [6.07, 6.45) is 10.4. The van der Waals surface area contributed by atoms with Crippen LogP contribution in [0.4, 0.5) is 21.5 Å². The van der Waals surface area contributed by atoms with Crippen LogP contribution in [-0.2, 0) is 9.59 Å². The molecule has 0 spiro atoms. The minimum absolute atomic E-state index is 0.00609. The van der Waals surface area contributed by atoms with Crippen LogP contribution in [0.3, 0.4) is 0 Å².